The Morgan fingerprint density at radius 1 is 0.746 bits per heavy atom. The van der Waals surface area contributed by atoms with Crippen LogP contribution in [0.3, 0.4) is 0 Å². The molecule has 0 spiro atoms. The van der Waals surface area contributed by atoms with Gasteiger partial charge >= 0.3 is 5.97 Å². The number of amides is 7. The minimum Gasteiger partial charge on any atom is -0.480 e. The molecule has 20 N–H and O–H groups in total. The Balaban J connectivity index is 1.79. The lowest BCUT2D eigenvalue weighted by molar-refractivity contribution is -0.143. The number of aliphatic carboxylic acids is 1. The summed E-state index contributed by atoms with van der Waals surface area (Å²) in [7, 11) is 0. The molecule has 7 amide bonds. The first kappa shape index (κ1) is 51.0. The molecule has 63 heavy (non-hydrogen) atoms. The van der Waals surface area contributed by atoms with E-state index in [1.54, 1.807) is 12.3 Å². The lowest BCUT2D eigenvalue weighted by Gasteiger charge is -2.35. The number of para-hydroxylation sites is 1. The number of hydrogen-bond donors (Lipinski definition) is 14. The molecule has 0 aliphatic carbocycles. The molecule has 1 aromatic heterocycles. The third-order valence-electron chi connectivity index (χ3n) is 10.3. The first-order chi connectivity index (χ1) is 30.1. The molecule has 2 heterocycles. The number of aliphatic imine (C=N–C) groups is 1. The van der Waals surface area contributed by atoms with Crippen LogP contribution in [0, 0.1) is 0 Å². The normalized spacial score (nSPS) is 16.0. The van der Waals surface area contributed by atoms with Crippen molar-refractivity contribution in [2.45, 2.75) is 94.0 Å². The number of hydrogen-bond acceptors (Lipinski definition) is 13. The zero-order valence-electron chi connectivity index (χ0n) is 35.2. The van der Waals surface area contributed by atoms with Crippen LogP contribution in [-0.4, -0.2) is 150 Å². The number of nitrogens with two attached hydrogens (primary N) is 6. The van der Waals surface area contributed by atoms with Gasteiger partial charge in [0, 0.05) is 36.6 Å². The molecule has 24 heteroatoms. The number of carboxylic acid groups (broad SMARTS) is 1. The number of guanidine groups is 1. The lowest BCUT2D eigenvalue weighted by atomic mass is 10.00. The fraction of sp³-hybridized carbons (Fsp3) is 0.564. The summed E-state index contributed by atoms with van der Waals surface area (Å²) in [5.74, 6) is -6.35. The number of piperidine rings is 1. The third-order valence-corrected chi connectivity index (χ3v) is 10.3. The summed E-state index contributed by atoms with van der Waals surface area (Å²) in [5, 5.41) is 25.7. The molecule has 3 rings (SSSR count). The average molecular weight is 886 g/mol. The maximum absolute atomic E-state index is 14.0. The van der Waals surface area contributed by atoms with Crippen molar-refractivity contribution in [1.29, 1.82) is 0 Å². The highest BCUT2D eigenvalue weighted by molar-refractivity contribution is 5.97. The van der Waals surface area contributed by atoms with E-state index in [2.05, 4.69) is 41.9 Å². The molecule has 1 aliphatic rings. The van der Waals surface area contributed by atoms with Gasteiger partial charge in [0.05, 0.1) is 13.1 Å². The largest absolute Gasteiger partial charge is 0.480 e. The molecule has 24 nitrogen and oxygen atoms in total. The van der Waals surface area contributed by atoms with Crippen molar-refractivity contribution in [1.82, 2.24) is 41.8 Å². The monoisotopic (exact) mass is 885 g/mol. The van der Waals surface area contributed by atoms with Gasteiger partial charge in [0.2, 0.25) is 41.4 Å². The number of aromatic nitrogens is 1. The van der Waals surface area contributed by atoms with Crippen molar-refractivity contribution in [3.8, 4) is 0 Å². The van der Waals surface area contributed by atoms with Crippen LogP contribution in [0.5, 0.6) is 0 Å². The summed E-state index contributed by atoms with van der Waals surface area (Å²) < 4.78 is 0. The Kier molecular flexibility index (Phi) is 21.2. The van der Waals surface area contributed by atoms with Crippen LogP contribution >= 0.6 is 0 Å². The molecule has 0 unspecified atom stereocenters. The molecule has 0 radical (unpaired) electrons. The number of H-pyrrole nitrogens is 1. The summed E-state index contributed by atoms with van der Waals surface area (Å²) in [6, 6.07) is -0.0222. The van der Waals surface area contributed by atoms with Gasteiger partial charge in [-0.2, -0.15) is 0 Å². The van der Waals surface area contributed by atoms with Crippen molar-refractivity contribution in [2.24, 2.45) is 39.4 Å². The van der Waals surface area contributed by atoms with E-state index in [0.29, 0.717) is 24.8 Å². The van der Waals surface area contributed by atoms with E-state index in [1.165, 1.54) is 4.90 Å². The van der Waals surface area contributed by atoms with E-state index >= 15 is 0 Å². The Hall–Kier alpha value is -6.37. The second-order valence-electron chi connectivity index (χ2n) is 15.0. The highest BCUT2D eigenvalue weighted by Crippen LogP contribution is 2.20. The van der Waals surface area contributed by atoms with Crippen LogP contribution in [-0.2, 0) is 44.8 Å². The number of benzene rings is 1. The molecule has 2 aromatic rings. The molecule has 1 fully saturated rings. The summed E-state index contributed by atoms with van der Waals surface area (Å²) in [6.07, 6.45) is 3.24. The lowest BCUT2D eigenvalue weighted by Crippen LogP contribution is -2.60. The molecule has 6 atom stereocenters. The van der Waals surface area contributed by atoms with Crippen molar-refractivity contribution in [2.75, 3.05) is 45.8 Å². The van der Waals surface area contributed by atoms with E-state index in [1.807, 2.05) is 18.2 Å². The number of carboxylic acids is 1. The number of carbonyl (C=O) groups is 8. The Labute approximate surface area is 364 Å². The minimum atomic E-state index is -1.33. The second-order valence-corrected chi connectivity index (χ2v) is 15.0. The SMILES string of the molecule is NCC[C@H](NC(=O)[C@H](CCN)NC(=O)[C@H](Cc1c[nH]c2ccccc12)NC(=O)[C@H](CCN)NC(=O)[C@@H]1CCCCN1C(=O)CNC(=O)[C@H](CCCN=C(N)N)NC(=O)CN)C(=O)O. The first-order valence-corrected chi connectivity index (χ1v) is 20.8. The molecule has 0 bridgehead atoms. The van der Waals surface area contributed by atoms with Crippen LogP contribution in [0.15, 0.2) is 35.5 Å². The van der Waals surface area contributed by atoms with Crippen LogP contribution in [0.25, 0.3) is 10.9 Å². The predicted molar refractivity (Wildman–Crippen MR) is 232 cm³/mol. The summed E-state index contributed by atoms with van der Waals surface area (Å²) in [5.41, 5.74) is 34.7. The van der Waals surface area contributed by atoms with E-state index < -0.39 is 90.1 Å². The van der Waals surface area contributed by atoms with Gasteiger partial charge in [-0.3, -0.25) is 38.6 Å². The number of likely N-dealkylation sites (tertiary alicyclic amines) is 1. The van der Waals surface area contributed by atoms with Gasteiger partial charge in [-0.15, -0.1) is 0 Å². The molecular formula is C39H63N15O9. The number of nitrogens with zero attached hydrogens (tertiary/aromatic N) is 2. The van der Waals surface area contributed by atoms with Crippen molar-refractivity contribution < 1.29 is 43.5 Å². The summed E-state index contributed by atoms with van der Waals surface area (Å²) in [4.78, 5) is 114. The average Bonchev–Trinajstić information content (AvgIpc) is 3.67. The highest BCUT2D eigenvalue weighted by Gasteiger charge is 2.36. The fourth-order valence-corrected chi connectivity index (χ4v) is 7.03. The molecule has 1 aliphatic heterocycles. The van der Waals surface area contributed by atoms with E-state index in [0.717, 1.165) is 10.9 Å². The zero-order valence-corrected chi connectivity index (χ0v) is 35.2. The number of aromatic amines is 1. The van der Waals surface area contributed by atoms with Gasteiger partial charge in [-0.05, 0) is 82.6 Å². The Morgan fingerprint density at radius 3 is 1.97 bits per heavy atom. The number of carbonyl (C=O) groups excluding carboxylic acids is 7. The van der Waals surface area contributed by atoms with Crippen molar-refractivity contribution in [3.63, 3.8) is 0 Å². The number of rotatable bonds is 26. The maximum Gasteiger partial charge on any atom is 0.326 e. The van der Waals surface area contributed by atoms with Crippen LogP contribution in [0.2, 0.25) is 0 Å². The molecule has 1 saturated heterocycles. The topological polar surface area (TPSA) is 416 Å². The van der Waals surface area contributed by atoms with Crippen molar-refractivity contribution in [3.05, 3.63) is 36.0 Å². The third kappa shape index (κ3) is 16.1. The van der Waals surface area contributed by atoms with Crippen molar-refractivity contribution >= 4 is 64.2 Å². The zero-order chi connectivity index (χ0) is 46.5. The standard InChI is InChI=1S/C39H63N15O9/c40-13-10-26(34(58)52-28(12-15-42)38(62)63)50-36(60)29(18-22-20-47-24-7-2-1-6-23(22)24)53-35(59)27(11-14-41)51-37(61)30-9-3-4-17-54(30)32(56)21-48-33(57)25(49-31(55)19-43)8-5-16-46-39(44)45/h1-2,6-7,20,25-30,47H,3-5,8-19,21,40-43H2,(H,48,57)(H,49,55)(H,50,60)(H,51,61)(H,52,58)(H,53,59)(H,62,63)(H4,44,45,46)/t25-,26-,27-,28-,29-,30-/m0/s1. The predicted octanol–water partition coefficient (Wildman–Crippen LogP) is -5.23. The highest BCUT2D eigenvalue weighted by atomic mass is 16.4. The minimum absolute atomic E-state index is 0.0273. The Morgan fingerprint density at radius 2 is 1.33 bits per heavy atom. The second kappa shape index (κ2) is 26.2. The quantitative estimate of drug-likeness (QED) is 0.0239. The van der Waals surface area contributed by atoms with Gasteiger partial charge < -0.3 is 81.3 Å². The number of nitrogens with one attached hydrogen (secondary N) is 7. The van der Waals surface area contributed by atoms with E-state index in [9.17, 15) is 43.5 Å². The smallest absolute Gasteiger partial charge is 0.326 e. The number of fused-ring (bicyclic) bond motifs is 1. The first-order valence-electron chi connectivity index (χ1n) is 20.8. The van der Waals surface area contributed by atoms with Gasteiger partial charge in [0.15, 0.2) is 5.96 Å². The summed E-state index contributed by atoms with van der Waals surface area (Å²) in [6.45, 7) is -0.651. The van der Waals surface area contributed by atoms with Gasteiger partial charge in [0.25, 0.3) is 0 Å². The van der Waals surface area contributed by atoms with Crippen LogP contribution in [0.4, 0.5) is 0 Å². The molecule has 0 saturated carbocycles. The summed E-state index contributed by atoms with van der Waals surface area (Å²) >= 11 is 0. The van der Waals surface area contributed by atoms with Crippen LogP contribution in [0.1, 0.15) is 56.9 Å². The van der Waals surface area contributed by atoms with Gasteiger partial charge in [-0.25, -0.2) is 4.79 Å². The molecular weight excluding hydrogens is 823 g/mol. The van der Waals surface area contributed by atoms with E-state index in [4.69, 9.17) is 34.4 Å². The molecule has 1 aromatic carbocycles. The van der Waals surface area contributed by atoms with Gasteiger partial charge in [-0.1, -0.05) is 18.2 Å². The van der Waals surface area contributed by atoms with Crippen LogP contribution < -0.4 is 66.3 Å². The van der Waals surface area contributed by atoms with E-state index in [-0.39, 0.29) is 83.8 Å². The molecule has 348 valence electrons. The fourth-order valence-electron chi connectivity index (χ4n) is 7.03. The maximum atomic E-state index is 14.0. The Bertz CT molecular complexity index is 1920. The van der Waals surface area contributed by atoms with Gasteiger partial charge in [0.1, 0.15) is 36.3 Å².